The Balaban J connectivity index is 2.57. The number of benzene rings is 2. The summed E-state index contributed by atoms with van der Waals surface area (Å²) >= 11 is 0. The average Bonchev–Trinajstić information content (AvgIpc) is 2.61. The number of aryl methyl sites for hydroxylation is 1. The summed E-state index contributed by atoms with van der Waals surface area (Å²) in [5.41, 5.74) is 1.19. The number of ether oxygens (including phenoxy) is 2. The van der Waals surface area contributed by atoms with E-state index >= 15 is 0 Å². The third kappa shape index (κ3) is 3.61. The van der Waals surface area contributed by atoms with Gasteiger partial charge in [0.1, 0.15) is 5.75 Å². The van der Waals surface area contributed by atoms with E-state index in [2.05, 4.69) is 0 Å². The van der Waals surface area contributed by atoms with E-state index < -0.39 is 16.0 Å². The van der Waals surface area contributed by atoms with Gasteiger partial charge in [-0.05, 0) is 49.7 Å². The van der Waals surface area contributed by atoms with Crippen LogP contribution in [0.2, 0.25) is 0 Å². The molecule has 7 heteroatoms. The fourth-order valence-corrected chi connectivity index (χ4v) is 4.16. The second-order valence-electron chi connectivity index (χ2n) is 5.31. The van der Waals surface area contributed by atoms with Crippen LogP contribution < -0.4 is 9.04 Å². The molecule has 2 aromatic rings. The van der Waals surface area contributed by atoms with Crippen LogP contribution in [0.15, 0.2) is 47.4 Å². The Morgan fingerprint density at radius 2 is 1.80 bits per heavy atom. The molecule has 6 nitrogen and oxygen atoms in total. The maximum atomic E-state index is 13.1. The predicted molar refractivity (Wildman–Crippen MR) is 95.7 cm³/mol. The normalized spacial score (nSPS) is 11.0. The molecule has 0 heterocycles. The molecule has 0 N–H and O–H groups in total. The van der Waals surface area contributed by atoms with Gasteiger partial charge in [-0.2, -0.15) is 0 Å². The summed E-state index contributed by atoms with van der Waals surface area (Å²) in [7, 11) is -1.06. The smallest absolute Gasteiger partial charge is 0.340 e. The summed E-state index contributed by atoms with van der Waals surface area (Å²) in [6, 6.07) is 11.1. The van der Waals surface area contributed by atoms with E-state index in [9.17, 15) is 13.2 Å². The number of carbonyl (C=O) groups excluding carboxylic acids is 1. The number of hydrogen-bond donors (Lipinski definition) is 0. The Morgan fingerprint density at radius 3 is 2.36 bits per heavy atom. The summed E-state index contributed by atoms with van der Waals surface area (Å²) in [4.78, 5) is 12.1. The zero-order valence-corrected chi connectivity index (χ0v) is 15.5. The first-order chi connectivity index (χ1) is 11.9. The monoisotopic (exact) mass is 363 g/mol. The van der Waals surface area contributed by atoms with Crippen molar-refractivity contribution in [2.45, 2.75) is 18.7 Å². The Bertz CT molecular complexity index is 877. The predicted octanol–water partition coefficient (Wildman–Crippen LogP) is 3.01. The molecule has 134 valence electrons. The van der Waals surface area contributed by atoms with Crippen molar-refractivity contribution in [1.82, 2.24) is 0 Å². The lowest BCUT2D eigenvalue weighted by atomic mass is 10.2. The van der Waals surface area contributed by atoms with Gasteiger partial charge in [-0.3, -0.25) is 4.31 Å². The molecular formula is C18H21NO5S. The molecule has 0 amide bonds. The van der Waals surface area contributed by atoms with Crippen LogP contribution in [0, 0.1) is 6.92 Å². The number of sulfonamides is 1. The first-order valence-electron chi connectivity index (χ1n) is 7.71. The van der Waals surface area contributed by atoms with E-state index in [1.165, 1.54) is 24.6 Å². The van der Waals surface area contributed by atoms with E-state index in [0.29, 0.717) is 11.3 Å². The van der Waals surface area contributed by atoms with E-state index in [-0.39, 0.29) is 22.7 Å². The lowest BCUT2D eigenvalue weighted by Crippen LogP contribution is -2.32. The summed E-state index contributed by atoms with van der Waals surface area (Å²) in [6.45, 7) is 3.65. The van der Waals surface area contributed by atoms with Gasteiger partial charge >= 0.3 is 5.97 Å². The lowest BCUT2D eigenvalue weighted by Gasteiger charge is -2.25. The highest BCUT2D eigenvalue weighted by molar-refractivity contribution is 7.92. The zero-order valence-electron chi connectivity index (χ0n) is 14.6. The van der Waals surface area contributed by atoms with Gasteiger partial charge in [0.15, 0.2) is 0 Å². The molecule has 0 spiro atoms. The SMILES string of the molecule is CCN(c1ccccc1C(=O)OC)S(=O)(=O)c1ccc(OC)c(C)c1. The minimum absolute atomic E-state index is 0.132. The summed E-state index contributed by atoms with van der Waals surface area (Å²) in [5, 5.41) is 0. The second-order valence-corrected chi connectivity index (χ2v) is 7.17. The summed E-state index contributed by atoms with van der Waals surface area (Å²) in [6.07, 6.45) is 0. The maximum absolute atomic E-state index is 13.1. The van der Waals surface area contributed by atoms with Crippen molar-refractivity contribution < 1.29 is 22.7 Å². The molecule has 0 aromatic heterocycles. The fourth-order valence-electron chi connectivity index (χ4n) is 2.58. The number of carbonyl (C=O) groups is 1. The van der Waals surface area contributed by atoms with Crippen LogP contribution in [0.4, 0.5) is 5.69 Å². The summed E-state index contributed by atoms with van der Waals surface area (Å²) in [5.74, 6) is 0.0205. The molecule has 0 unspecified atom stereocenters. The highest BCUT2D eigenvalue weighted by Crippen LogP contribution is 2.29. The third-order valence-electron chi connectivity index (χ3n) is 3.82. The molecule has 0 saturated heterocycles. The van der Waals surface area contributed by atoms with Gasteiger partial charge < -0.3 is 9.47 Å². The van der Waals surface area contributed by atoms with Crippen LogP contribution in [-0.4, -0.2) is 35.2 Å². The molecule has 0 aliphatic rings. The topological polar surface area (TPSA) is 72.9 Å². The standard InChI is InChI=1S/C18H21NO5S/c1-5-19(16-9-7-6-8-15(16)18(20)24-4)25(21,22)14-10-11-17(23-3)13(2)12-14/h6-12H,5H2,1-4H3. The summed E-state index contributed by atoms with van der Waals surface area (Å²) < 4.78 is 37.4. The lowest BCUT2D eigenvalue weighted by molar-refractivity contribution is 0.0601. The minimum Gasteiger partial charge on any atom is -0.496 e. The first kappa shape index (κ1) is 18.8. The van der Waals surface area contributed by atoms with Gasteiger partial charge in [0.05, 0.1) is 30.4 Å². The van der Waals surface area contributed by atoms with E-state index in [1.54, 1.807) is 50.2 Å². The van der Waals surface area contributed by atoms with E-state index in [1.807, 2.05) is 0 Å². The van der Waals surface area contributed by atoms with Crippen molar-refractivity contribution in [3.05, 3.63) is 53.6 Å². The molecule has 0 fully saturated rings. The number of para-hydroxylation sites is 1. The molecule has 0 atom stereocenters. The molecule has 0 aliphatic carbocycles. The Kier molecular flexibility index (Phi) is 5.69. The maximum Gasteiger partial charge on any atom is 0.340 e. The zero-order chi connectivity index (χ0) is 18.6. The van der Waals surface area contributed by atoms with Crippen LogP contribution in [-0.2, 0) is 14.8 Å². The van der Waals surface area contributed by atoms with Crippen molar-refractivity contribution in [3.63, 3.8) is 0 Å². The van der Waals surface area contributed by atoms with Crippen LogP contribution >= 0.6 is 0 Å². The minimum atomic E-state index is -3.85. The first-order valence-corrected chi connectivity index (χ1v) is 9.15. The highest BCUT2D eigenvalue weighted by Gasteiger charge is 2.27. The van der Waals surface area contributed by atoms with Crippen molar-refractivity contribution in [1.29, 1.82) is 0 Å². The number of methoxy groups -OCH3 is 2. The fraction of sp³-hybridized carbons (Fsp3) is 0.278. The Morgan fingerprint density at radius 1 is 1.12 bits per heavy atom. The second kappa shape index (κ2) is 7.57. The van der Waals surface area contributed by atoms with Gasteiger partial charge in [0.25, 0.3) is 10.0 Å². The number of rotatable bonds is 6. The van der Waals surface area contributed by atoms with Crippen molar-refractivity contribution >= 4 is 21.7 Å². The van der Waals surface area contributed by atoms with Gasteiger partial charge in [-0.1, -0.05) is 12.1 Å². The molecule has 0 saturated carbocycles. The quantitative estimate of drug-likeness (QED) is 0.738. The van der Waals surface area contributed by atoms with Crippen LogP contribution in [0.1, 0.15) is 22.8 Å². The number of hydrogen-bond acceptors (Lipinski definition) is 5. The molecule has 25 heavy (non-hydrogen) atoms. The van der Waals surface area contributed by atoms with E-state index in [0.717, 1.165) is 0 Å². The van der Waals surface area contributed by atoms with Gasteiger partial charge in [0, 0.05) is 6.54 Å². The molecule has 2 aromatic carbocycles. The molecule has 0 radical (unpaired) electrons. The Labute approximate surface area is 148 Å². The van der Waals surface area contributed by atoms with Crippen LogP contribution in [0.3, 0.4) is 0 Å². The molecule has 2 rings (SSSR count). The van der Waals surface area contributed by atoms with Gasteiger partial charge in [-0.15, -0.1) is 0 Å². The molecular weight excluding hydrogens is 342 g/mol. The largest absolute Gasteiger partial charge is 0.496 e. The van der Waals surface area contributed by atoms with E-state index in [4.69, 9.17) is 9.47 Å². The number of anilines is 1. The number of nitrogens with zero attached hydrogens (tertiary/aromatic N) is 1. The Hall–Kier alpha value is -2.54. The van der Waals surface area contributed by atoms with Crippen LogP contribution in [0.5, 0.6) is 5.75 Å². The average molecular weight is 363 g/mol. The molecule has 0 bridgehead atoms. The van der Waals surface area contributed by atoms with Crippen molar-refractivity contribution in [3.8, 4) is 5.75 Å². The van der Waals surface area contributed by atoms with Gasteiger partial charge in [-0.25, -0.2) is 13.2 Å². The number of esters is 1. The van der Waals surface area contributed by atoms with Crippen molar-refractivity contribution in [2.75, 3.05) is 25.1 Å². The third-order valence-corrected chi connectivity index (χ3v) is 5.70. The van der Waals surface area contributed by atoms with Crippen LogP contribution in [0.25, 0.3) is 0 Å². The highest BCUT2D eigenvalue weighted by atomic mass is 32.2. The van der Waals surface area contributed by atoms with Crippen molar-refractivity contribution in [2.24, 2.45) is 0 Å². The molecule has 0 aliphatic heterocycles. The van der Waals surface area contributed by atoms with Gasteiger partial charge in [0.2, 0.25) is 0 Å².